The van der Waals surface area contributed by atoms with Gasteiger partial charge in [0, 0.05) is 0 Å². The third-order valence-electron chi connectivity index (χ3n) is 0.884. The van der Waals surface area contributed by atoms with Gasteiger partial charge in [-0.2, -0.15) is 17.6 Å². The van der Waals surface area contributed by atoms with E-state index in [1.807, 2.05) is 0 Å². The summed E-state index contributed by atoms with van der Waals surface area (Å²) >= 11 is 0. The van der Waals surface area contributed by atoms with Crippen molar-refractivity contribution < 1.29 is 27.1 Å². The summed E-state index contributed by atoms with van der Waals surface area (Å²) in [6.07, 6.45) is -5.60. The maximum atomic E-state index is 12.5. The Kier molecular flexibility index (Phi) is 3.67. The molecular formula is C8H10F4O2. The van der Waals surface area contributed by atoms with Gasteiger partial charge in [0.15, 0.2) is 0 Å². The first-order valence-corrected chi connectivity index (χ1v) is 3.70. The van der Waals surface area contributed by atoms with E-state index in [9.17, 15) is 22.4 Å². The molecule has 0 aliphatic rings. The second-order valence-electron chi connectivity index (χ2n) is 3.54. The Morgan fingerprint density at radius 1 is 1.21 bits per heavy atom. The zero-order valence-electron chi connectivity index (χ0n) is 7.91. The lowest BCUT2D eigenvalue weighted by Gasteiger charge is -2.18. The van der Waals surface area contributed by atoms with Crippen LogP contribution in [0, 0.1) is 0 Å². The van der Waals surface area contributed by atoms with Crippen LogP contribution in [0.15, 0.2) is 11.9 Å². The smallest absolute Gasteiger partial charge is 0.412 e. The summed E-state index contributed by atoms with van der Waals surface area (Å²) in [4.78, 5) is 10.7. The number of carbonyl (C=O) groups excluding carboxylic acids is 1. The minimum Gasteiger partial charge on any atom is -0.455 e. The molecule has 82 valence electrons. The van der Waals surface area contributed by atoms with E-state index in [1.54, 1.807) is 0 Å². The van der Waals surface area contributed by atoms with Gasteiger partial charge in [-0.1, -0.05) is 0 Å². The van der Waals surface area contributed by atoms with Gasteiger partial charge in [0.2, 0.25) is 5.83 Å². The number of ether oxygens (including phenoxy) is 1. The Labute approximate surface area is 78.5 Å². The van der Waals surface area contributed by atoms with Crippen LogP contribution in [0.4, 0.5) is 17.6 Å². The van der Waals surface area contributed by atoms with Gasteiger partial charge in [-0.05, 0) is 20.8 Å². The molecule has 0 heterocycles. The quantitative estimate of drug-likeness (QED) is 0.381. The monoisotopic (exact) mass is 214 g/mol. The highest BCUT2D eigenvalue weighted by atomic mass is 19.4. The molecule has 0 saturated carbocycles. The Morgan fingerprint density at radius 2 is 1.64 bits per heavy atom. The van der Waals surface area contributed by atoms with Gasteiger partial charge in [-0.3, -0.25) is 0 Å². The summed E-state index contributed by atoms with van der Waals surface area (Å²) in [5, 5.41) is 0. The molecule has 0 rings (SSSR count). The van der Waals surface area contributed by atoms with Crippen LogP contribution in [-0.4, -0.2) is 17.7 Å². The van der Waals surface area contributed by atoms with Crippen LogP contribution in [0.5, 0.6) is 0 Å². The zero-order chi connectivity index (χ0) is 11.6. The fraction of sp³-hybridized carbons (Fsp3) is 0.625. The SMILES string of the molecule is CC(C)(C)OC(=O)/C(F)=C/C(F)(F)F. The van der Waals surface area contributed by atoms with E-state index in [2.05, 4.69) is 4.74 Å². The molecule has 0 fully saturated rings. The van der Waals surface area contributed by atoms with E-state index in [0.717, 1.165) is 0 Å². The molecule has 0 N–H and O–H groups in total. The molecule has 0 saturated heterocycles. The lowest BCUT2D eigenvalue weighted by Crippen LogP contribution is -2.24. The van der Waals surface area contributed by atoms with E-state index >= 15 is 0 Å². The molecule has 0 atom stereocenters. The zero-order valence-corrected chi connectivity index (χ0v) is 7.91. The molecule has 0 unspecified atom stereocenters. The van der Waals surface area contributed by atoms with E-state index in [1.165, 1.54) is 20.8 Å². The van der Waals surface area contributed by atoms with E-state index in [0.29, 0.717) is 0 Å². The highest BCUT2D eigenvalue weighted by Gasteiger charge is 2.29. The predicted octanol–water partition coefficient (Wildman–Crippen LogP) is 2.74. The largest absolute Gasteiger partial charge is 0.455 e. The summed E-state index contributed by atoms with van der Waals surface area (Å²) < 4.78 is 51.6. The molecular weight excluding hydrogens is 204 g/mol. The minimum absolute atomic E-state index is 0.735. The average Bonchev–Trinajstić information content (AvgIpc) is 1.78. The summed E-state index contributed by atoms with van der Waals surface area (Å²) in [5.41, 5.74) is -1.02. The van der Waals surface area contributed by atoms with Crippen molar-refractivity contribution in [2.45, 2.75) is 32.5 Å². The third kappa shape index (κ3) is 6.45. The van der Waals surface area contributed by atoms with E-state index in [4.69, 9.17) is 0 Å². The maximum absolute atomic E-state index is 12.5. The highest BCUT2D eigenvalue weighted by Crippen LogP contribution is 2.21. The van der Waals surface area contributed by atoms with Crippen LogP contribution in [0.2, 0.25) is 0 Å². The summed E-state index contributed by atoms with van der Waals surface area (Å²) in [7, 11) is 0. The van der Waals surface area contributed by atoms with Gasteiger partial charge in [0.05, 0.1) is 6.08 Å². The number of carbonyl (C=O) groups is 1. The second-order valence-corrected chi connectivity index (χ2v) is 3.54. The minimum atomic E-state index is -4.86. The maximum Gasteiger partial charge on any atom is 0.412 e. The lowest BCUT2D eigenvalue weighted by molar-refractivity contribution is -0.152. The van der Waals surface area contributed by atoms with Crippen LogP contribution < -0.4 is 0 Å². The highest BCUT2D eigenvalue weighted by molar-refractivity contribution is 5.86. The molecule has 6 heteroatoms. The Bertz CT molecular complexity index is 247. The van der Waals surface area contributed by atoms with Crippen molar-refractivity contribution in [2.75, 3.05) is 0 Å². The van der Waals surface area contributed by atoms with Crippen LogP contribution in [-0.2, 0) is 9.53 Å². The lowest BCUT2D eigenvalue weighted by atomic mass is 10.2. The Hall–Kier alpha value is -1.07. The summed E-state index contributed by atoms with van der Waals surface area (Å²) in [6, 6.07) is 0. The summed E-state index contributed by atoms with van der Waals surface area (Å²) in [5.74, 6) is -3.57. The number of esters is 1. The molecule has 0 aromatic heterocycles. The molecule has 2 nitrogen and oxygen atoms in total. The van der Waals surface area contributed by atoms with Gasteiger partial charge >= 0.3 is 12.1 Å². The molecule has 0 aromatic rings. The van der Waals surface area contributed by atoms with Crippen LogP contribution in [0.1, 0.15) is 20.8 Å². The number of hydrogen-bond donors (Lipinski definition) is 0. The fourth-order valence-corrected chi connectivity index (χ4v) is 0.529. The standard InChI is InChI=1S/C8H10F4O2/c1-7(2,3)14-6(13)5(9)4-8(10,11)12/h4H,1-3H3/b5-4-. The molecule has 0 aromatic carbocycles. The normalized spacial score (nSPS) is 14.1. The number of allylic oxidation sites excluding steroid dienone is 1. The summed E-state index contributed by atoms with van der Waals surface area (Å²) in [6.45, 7) is 4.27. The Morgan fingerprint density at radius 3 is 1.93 bits per heavy atom. The van der Waals surface area contributed by atoms with Gasteiger partial charge in [-0.15, -0.1) is 0 Å². The van der Waals surface area contributed by atoms with Crippen molar-refractivity contribution in [3.05, 3.63) is 11.9 Å². The van der Waals surface area contributed by atoms with Gasteiger partial charge in [0.25, 0.3) is 0 Å². The first-order valence-electron chi connectivity index (χ1n) is 3.70. The number of hydrogen-bond acceptors (Lipinski definition) is 2. The van der Waals surface area contributed by atoms with Crippen LogP contribution in [0.3, 0.4) is 0 Å². The Balaban J connectivity index is 4.50. The van der Waals surface area contributed by atoms with E-state index < -0.39 is 29.6 Å². The van der Waals surface area contributed by atoms with Gasteiger partial charge in [0.1, 0.15) is 5.60 Å². The number of alkyl halides is 3. The molecule has 0 radical (unpaired) electrons. The van der Waals surface area contributed by atoms with Gasteiger partial charge < -0.3 is 4.74 Å². The molecule has 14 heavy (non-hydrogen) atoms. The third-order valence-corrected chi connectivity index (χ3v) is 0.884. The number of rotatable bonds is 1. The van der Waals surface area contributed by atoms with Crippen molar-refractivity contribution in [3.8, 4) is 0 Å². The van der Waals surface area contributed by atoms with Gasteiger partial charge in [-0.25, -0.2) is 4.79 Å². The average molecular weight is 214 g/mol. The topological polar surface area (TPSA) is 26.3 Å². The van der Waals surface area contributed by atoms with Crippen molar-refractivity contribution in [1.29, 1.82) is 0 Å². The van der Waals surface area contributed by atoms with Crippen molar-refractivity contribution in [2.24, 2.45) is 0 Å². The van der Waals surface area contributed by atoms with Crippen molar-refractivity contribution in [1.82, 2.24) is 0 Å². The second kappa shape index (κ2) is 3.98. The first kappa shape index (κ1) is 12.9. The molecule has 0 spiro atoms. The predicted molar refractivity (Wildman–Crippen MR) is 41.1 cm³/mol. The van der Waals surface area contributed by atoms with Crippen LogP contribution >= 0.6 is 0 Å². The molecule has 0 amide bonds. The molecule has 0 aliphatic carbocycles. The van der Waals surface area contributed by atoms with Crippen molar-refractivity contribution >= 4 is 5.97 Å². The molecule has 0 aliphatic heterocycles. The van der Waals surface area contributed by atoms with E-state index in [-0.39, 0.29) is 0 Å². The van der Waals surface area contributed by atoms with Crippen molar-refractivity contribution in [3.63, 3.8) is 0 Å². The fourth-order valence-electron chi connectivity index (χ4n) is 0.529. The number of halogens is 4. The van der Waals surface area contributed by atoms with Crippen LogP contribution in [0.25, 0.3) is 0 Å². The first-order chi connectivity index (χ1) is 6.01. The molecule has 0 bridgehead atoms.